The normalized spacial score (nSPS) is 15.7. The van der Waals surface area contributed by atoms with Crippen LogP contribution in [0.15, 0.2) is 12.1 Å². The number of nitrogens with zero attached hydrogens (tertiary/aromatic N) is 5. The van der Waals surface area contributed by atoms with Crippen LogP contribution < -0.4 is 10.2 Å². The summed E-state index contributed by atoms with van der Waals surface area (Å²) in [6.07, 6.45) is 2.15. The van der Waals surface area contributed by atoms with Crippen LogP contribution in [0.4, 0.5) is 11.6 Å². The molecule has 0 aliphatic carbocycles. The van der Waals surface area contributed by atoms with Gasteiger partial charge in [-0.2, -0.15) is 0 Å². The van der Waals surface area contributed by atoms with Crippen molar-refractivity contribution in [3.05, 3.63) is 35.2 Å². The predicted molar refractivity (Wildman–Crippen MR) is 91.9 cm³/mol. The minimum absolute atomic E-state index is 0.448. The molecule has 6 nitrogen and oxygen atoms in total. The van der Waals surface area contributed by atoms with Crippen molar-refractivity contribution in [1.29, 1.82) is 0 Å². The zero-order chi connectivity index (χ0) is 16.4. The molecule has 0 atom stereocenters. The summed E-state index contributed by atoms with van der Waals surface area (Å²) in [6.45, 7) is 9.90. The molecular weight excluding hydrogens is 288 g/mol. The highest BCUT2D eigenvalue weighted by Gasteiger charge is 2.21. The summed E-state index contributed by atoms with van der Waals surface area (Å²) in [5.41, 5.74) is 2.03. The summed E-state index contributed by atoms with van der Waals surface area (Å²) < 4.78 is 0. The molecule has 0 spiro atoms. The van der Waals surface area contributed by atoms with E-state index < -0.39 is 0 Å². The molecule has 3 heterocycles. The molecule has 0 bridgehead atoms. The summed E-state index contributed by atoms with van der Waals surface area (Å²) in [5, 5.41) is 3.55. The average Bonchev–Trinajstić information content (AvgIpc) is 2.46. The fraction of sp³-hybridized carbons (Fsp3) is 0.529. The van der Waals surface area contributed by atoms with Gasteiger partial charge in [0.1, 0.15) is 23.3 Å². The summed E-state index contributed by atoms with van der Waals surface area (Å²) in [7, 11) is 0. The number of aromatic nitrogens is 4. The van der Waals surface area contributed by atoms with Crippen LogP contribution in [0.5, 0.6) is 0 Å². The summed E-state index contributed by atoms with van der Waals surface area (Å²) in [4.78, 5) is 20.1. The zero-order valence-electron chi connectivity index (χ0n) is 14.3. The molecular formula is C17H24N6. The van der Waals surface area contributed by atoms with E-state index in [0.717, 1.165) is 60.6 Å². The maximum Gasteiger partial charge on any atom is 0.132 e. The zero-order valence-corrected chi connectivity index (χ0v) is 14.3. The molecule has 23 heavy (non-hydrogen) atoms. The van der Waals surface area contributed by atoms with E-state index in [1.54, 1.807) is 0 Å². The Kier molecular flexibility index (Phi) is 4.41. The highest BCUT2D eigenvalue weighted by molar-refractivity contribution is 5.42. The van der Waals surface area contributed by atoms with Crippen molar-refractivity contribution < 1.29 is 0 Å². The van der Waals surface area contributed by atoms with Gasteiger partial charge < -0.3 is 10.2 Å². The van der Waals surface area contributed by atoms with Crippen molar-refractivity contribution in [2.75, 3.05) is 23.3 Å². The predicted octanol–water partition coefficient (Wildman–Crippen LogP) is 2.58. The number of hydrogen-bond donors (Lipinski definition) is 1. The third-order valence-corrected chi connectivity index (χ3v) is 4.09. The van der Waals surface area contributed by atoms with Crippen LogP contribution in [0.25, 0.3) is 0 Å². The lowest BCUT2D eigenvalue weighted by Gasteiger charge is -2.33. The highest BCUT2D eigenvalue weighted by Crippen LogP contribution is 2.21. The number of nitrogens with one attached hydrogen (secondary N) is 1. The quantitative estimate of drug-likeness (QED) is 0.939. The van der Waals surface area contributed by atoms with Gasteiger partial charge in [-0.25, -0.2) is 19.9 Å². The number of rotatable bonds is 3. The first kappa shape index (κ1) is 15.6. The van der Waals surface area contributed by atoms with Gasteiger partial charge >= 0.3 is 0 Å². The molecule has 2 aromatic rings. The standard InChI is InChI=1S/C17H24N6/c1-11-9-16(20-13(3)18-11)22-15-5-7-23(8-6-15)17-10-12(2)19-14(4)21-17/h9-10,15H,5-8H2,1-4H3,(H,18,20,22). The van der Waals surface area contributed by atoms with Crippen molar-refractivity contribution in [2.45, 2.75) is 46.6 Å². The molecule has 1 aliphatic rings. The molecule has 1 N–H and O–H groups in total. The van der Waals surface area contributed by atoms with E-state index in [1.807, 2.05) is 33.8 Å². The third kappa shape index (κ3) is 3.94. The van der Waals surface area contributed by atoms with Crippen molar-refractivity contribution in [3.63, 3.8) is 0 Å². The van der Waals surface area contributed by atoms with Gasteiger partial charge in [0.15, 0.2) is 0 Å². The van der Waals surface area contributed by atoms with Crippen LogP contribution in [0, 0.1) is 27.7 Å². The van der Waals surface area contributed by atoms with E-state index in [4.69, 9.17) is 0 Å². The lowest BCUT2D eigenvalue weighted by molar-refractivity contribution is 0.521. The van der Waals surface area contributed by atoms with Gasteiger partial charge in [0, 0.05) is 42.7 Å². The molecule has 1 fully saturated rings. The Morgan fingerprint density at radius 3 is 2.09 bits per heavy atom. The molecule has 0 saturated carbocycles. The average molecular weight is 312 g/mol. The molecule has 0 unspecified atom stereocenters. The first-order valence-corrected chi connectivity index (χ1v) is 8.15. The van der Waals surface area contributed by atoms with Gasteiger partial charge in [0.2, 0.25) is 0 Å². The minimum Gasteiger partial charge on any atom is -0.367 e. The SMILES string of the molecule is Cc1cc(NC2CCN(c3cc(C)nc(C)n3)CC2)nc(C)n1. The Balaban J connectivity index is 1.62. The van der Waals surface area contributed by atoms with Crippen molar-refractivity contribution >= 4 is 11.6 Å². The fourth-order valence-corrected chi connectivity index (χ4v) is 3.11. The monoisotopic (exact) mass is 312 g/mol. The van der Waals surface area contributed by atoms with Gasteiger partial charge in [0.25, 0.3) is 0 Å². The van der Waals surface area contributed by atoms with Crippen LogP contribution in [0.2, 0.25) is 0 Å². The minimum atomic E-state index is 0.448. The lowest BCUT2D eigenvalue weighted by atomic mass is 10.0. The Morgan fingerprint density at radius 1 is 0.870 bits per heavy atom. The Hall–Kier alpha value is -2.24. The summed E-state index contributed by atoms with van der Waals surface area (Å²) >= 11 is 0. The van der Waals surface area contributed by atoms with Crippen LogP contribution in [0.3, 0.4) is 0 Å². The second-order valence-corrected chi connectivity index (χ2v) is 6.26. The molecule has 6 heteroatoms. The number of piperidine rings is 1. The second kappa shape index (κ2) is 6.48. The molecule has 1 aliphatic heterocycles. The summed E-state index contributed by atoms with van der Waals surface area (Å²) in [6, 6.07) is 4.53. The third-order valence-electron chi connectivity index (χ3n) is 4.09. The van der Waals surface area contributed by atoms with E-state index in [-0.39, 0.29) is 0 Å². The first-order valence-electron chi connectivity index (χ1n) is 8.15. The lowest BCUT2D eigenvalue weighted by Crippen LogP contribution is -2.39. The Bertz CT molecular complexity index is 651. The first-order chi connectivity index (χ1) is 11.0. The van der Waals surface area contributed by atoms with Crippen LogP contribution in [-0.2, 0) is 0 Å². The van der Waals surface area contributed by atoms with Gasteiger partial charge in [-0.3, -0.25) is 0 Å². The van der Waals surface area contributed by atoms with E-state index in [9.17, 15) is 0 Å². The molecule has 122 valence electrons. The number of aryl methyl sites for hydroxylation is 4. The highest BCUT2D eigenvalue weighted by atomic mass is 15.2. The van der Waals surface area contributed by atoms with E-state index >= 15 is 0 Å². The smallest absolute Gasteiger partial charge is 0.132 e. The van der Waals surface area contributed by atoms with E-state index in [0.29, 0.717) is 6.04 Å². The molecule has 0 radical (unpaired) electrons. The van der Waals surface area contributed by atoms with Gasteiger partial charge in [-0.1, -0.05) is 0 Å². The Labute approximate surface area is 137 Å². The fourth-order valence-electron chi connectivity index (χ4n) is 3.11. The maximum absolute atomic E-state index is 4.56. The maximum atomic E-state index is 4.56. The summed E-state index contributed by atoms with van der Waals surface area (Å²) in [5.74, 6) is 3.63. The van der Waals surface area contributed by atoms with Crippen LogP contribution in [-0.4, -0.2) is 39.1 Å². The molecule has 0 aromatic carbocycles. The Morgan fingerprint density at radius 2 is 1.48 bits per heavy atom. The molecule has 3 rings (SSSR count). The van der Waals surface area contributed by atoms with Gasteiger partial charge in [-0.15, -0.1) is 0 Å². The van der Waals surface area contributed by atoms with E-state index in [2.05, 4.69) is 36.2 Å². The van der Waals surface area contributed by atoms with Gasteiger partial charge in [-0.05, 0) is 40.5 Å². The van der Waals surface area contributed by atoms with Gasteiger partial charge in [0.05, 0.1) is 0 Å². The van der Waals surface area contributed by atoms with Crippen LogP contribution in [0.1, 0.15) is 35.9 Å². The van der Waals surface area contributed by atoms with Crippen molar-refractivity contribution in [2.24, 2.45) is 0 Å². The molecule has 2 aromatic heterocycles. The second-order valence-electron chi connectivity index (χ2n) is 6.26. The number of hydrogen-bond acceptors (Lipinski definition) is 6. The molecule has 1 saturated heterocycles. The topological polar surface area (TPSA) is 66.8 Å². The number of anilines is 2. The van der Waals surface area contributed by atoms with Crippen LogP contribution >= 0.6 is 0 Å². The van der Waals surface area contributed by atoms with Crippen molar-refractivity contribution in [3.8, 4) is 0 Å². The largest absolute Gasteiger partial charge is 0.367 e. The van der Waals surface area contributed by atoms with E-state index in [1.165, 1.54) is 0 Å². The van der Waals surface area contributed by atoms with Crippen molar-refractivity contribution in [1.82, 2.24) is 19.9 Å². The molecule has 0 amide bonds.